The zero-order chi connectivity index (χ0) is 13.7. The number of nitrogens with zero attached hydrogens (tertiary/aromatic N) is 2. The van der Waals surface area contributed by atoms with Gasteiger partial charge < -0.3 is 10.0 Å². The van der Waals surface area contributed by atoms with Crippen molar-refractivity contribution in [3.63, 3.8) is 0 Å². The zero-order valence-electron chi connectivity index (χ0n) is 10.2. The van der Waals surface area contributed by atoms with Crippen molar-refractivity contribution in [2.45, 2.75) is 6.42 Å². The smallest absolute Gasteiger partial charge is 0.409 e. The lowest BCUT2D eigenvalue weighted by atomic mass is 10.1. The molecule has 7 nitrogen and oxygen atoms in total. The van der Waals surface area contributed by atoms with Crippen LogP contribution in [0.3, 0.4) is 0 Å². The van der Waals surface area contributed by atoms with Gasteiger partial charge in [0.25, 0.3) is 5.69 Å². The summed E-state index contributed by atoms with van der Waals surface area (Å²) in [6.45, 7) is 0.650. The Morgan fingerprint density at radius 3 is 2.67 bits per heavy atom. The standard InChI is InChI=1S/C11H15N3O4/c1-13(2)6-5-8-7-9(12-11(15)16)3-4-10(8)14(17)18/h3-4,7,12H,5-6H2,1-2H3,(H,15,16). The second-order valence-corrected chi connectivity index (χ2v) is 4.08. The second kappa shape index (κ2) is 5.97. The highest BCUT2D eigenvalue weighted by atomic mass is 16.6. The first-order valence-electron chi connectivity index (χ1n) is 5.32. The van der Waals surface area contributed by atoms with E-state index >= 15 is 0 Å². The van der Waals surface area contributed by atoms with Gasteiger partial charge in [-0.15, -0.1) is 0 Å². The Labute approximate surface area is 104 Å². The number of nitro benzene ring substituents is 1. The number of nitro groups is 1. The van der Waals surface area contributed by atoms with E-state index in [1.807, 2.05) is 19.0 Å². The van der Waals surface area contributed by atoms with Crippen LogP contribution in [-0.4, -0.2) is 41.7 Å². The summed E-state index contributed by atoms with van der Waals surface area (Å²) < 4.78 is 0. The fourth-order valence-corrected chi connectivity index (χ4v) is 1.51. The summed E-state index contributed by atoms with van der Waals surface area (Å²) in [4.78, 5) is 22.8. The van der Waals surface area contributed by atoms with Gasteiger partial charge in [0.1, 0.15) is 0 Å². The highest BCUT2D eigenvalue weighted by Gasteiger charge is 2.14. The van der Waals surface area contributed by atoms with E-state index in [-0.39, 0.29) is 5.69 Å². The number of carbonyl (C=O) groups is 1. The van der Waals surface area contributed by atoms with E-state index in [0.29, 0.717) is 24.2 Å². The Hall–Kier alpha value is -2.15. The molecule has 0 aliphatic heterocycles. The van der Waals surface area contributed by atoms with Gasteiger partial charge in [0.2, 0.25) is 0 Å². The third kappa shape index (κ3) is 4.02. The molecule has 98 valence electrons. The normalized spacial score (nSPS) is 10.4. The lowest BCUT2D eigenvalue weighted by Crippen LogP contribution is -2.16. The molecule has 0 spiro atoms. The van der Waals surface area contributed by atoms with E-state index < -0.39 is 11.0 Å². The molecule has 7 heteroatoms. The second-order valence-electron chi connectivity index (χ2n) is 4.08. The first-order chi connectivity index (χ1) is 8.40. The van der Waals surface area contributed by atoms with Crippen molar-refractivity contribution >= 4 is 17.5 Å². The van der Waals surface area contributed by atoms with E-state index in [1.165, 1.54) is 18.2 Å². The van der Waals surface area contributed by atoms with Crippen molar-refractivity contribution in [2.24, 2.45) is 0 Å². The van der Waals surface area contributed by atoms with Crippen LogP contribution in [0.2, 0.25) is 0 Å². The Bertz CT molecular complexity index is 460. The Balaban J connectivity index is 2.99. The van der Waals surface area contributed by atoms with Crippen LogP contribution in [0, 0.1) is 10.1 Å². The van der Waals surface area contributed by atoms with Crippen LogP contribution in [0.1, 0.15) is 5.56 Å². The van der Waals surface area contributed by atoms with E-state index in [1.54, 1.807) is 0 Å². The number of carboxylic acid groups (broad SMARTS) is 1. The van der Waals surface area contributed by atoms with Gasteiger partial charge in [-0.25, -0.2) is 4.79 Å². The topological polar surface area (TPSA) is 95.7 Å². The molecule has 18 heavy (non-hydrogen) atoms. The van der Waals surface area contributed by atoms with Crippen LogP contribution in [0.25, 0.3) is 0 Å². The molecule has 1 rings (SSSR count). The van der Waals surface area contributed by atoms with Crippen LogP contribution in [0.15, 0.2) is 18.2 Å². The summed E-state index contributed by atoms with van der Waals surface area (Å²) in [6.07, 6.45) is -0.708. The molecule has 1 aromatic rings. The number of amides is 1. The first-order valence-corrected chi connectivity index (χ1v) is 5.32. The molecule has 0 unspecified atom stereocenters. The Morgan fingerprint density at radius 2 is 2.17 bits per heavy atom. The summed E-state index contributed by atoms with van der Waals surface area (Å²) in [7, 11) is 3.73. The van der Waals surface area contributed by atoms with Gasteiger partial charge in [0.15, 0.2) is 0 Å². The molecule has 0 aliphatic rings. The first kappa shape index (κ1) is 13.9. The molecule has 1 amide bonds. The molecule has 0 saturated carbocycles. The largest absolute Gasteiger partial charge is 0.465 e. The molecule has 0 radical (unpaired) electrons. The predicted molar refractivity (Wildman–Crippen MR) is 67.0 cm³/mol. The van der Waals surface area contributed by atoms with Crippen molar-refractivity contribution in [3.8, 4) is 0 Å². The third-order valence-electron chi connectivity index (χ3n) is 2.36. The van der Waals surface area contributed by atoms with E-state index in [4.69, 9.17) is 5.11 Å². The van der Waals surface area contributed by atoms with Crippen molar-refractivity contribution in [1.29, 1.82) is 0 Å². The van der Waals surface area contributed by atoms with Crippen molar-refractivity contribution in [1.82, 2.24) is 4.90 Å². The lowest BCUT2D eigenvalue weighted by Gasteiger charge is -2.10. The summed E-state index contributed by atoms with van der Waals surface area (Å²) >= 11 is 0. The molecule has 0 heterocycles. The minimum atomic E-state index is -1.19. The number of likely N-dealkylation sites (N-methyl/N-ethyl adjacent to an activating group) is 1. The quantitative estimate of drug-likeness (QED) is 0.616. The summed E-state index contributed by atoms with van der Waals surface area (Å²) in [5.74, 6) is 0. The average molecular weight is 253 g/mol. The van der Waals surface area contributed by atoms with Gasteiger partial charge in [-0.1, -0.05) is 0 Å². The molecule has 0 aliphatic carbocycles. The predicted octanol–water partition coefficient (Wildman–Crippen LogP) is 1.79. The molecular formula is C11H15N3O4. The van der Waals surface area contributed by atoms with Crippen LogP contribution in [0.4, 0.5) is 16.2 Å². The number of hydrogen-bond donors (Lipinski definition) is 2. The molecule has 0 atom stereocenters. The van der Waals surface area contributed by atoms with Crippen molar-refractivity contribution in [2.75, 3.05) is 26.0 Å². The van der Waals surface area contributed by atoms with Crippen LogP contribution < -0.4 is 5.32 Å². The van der Waals surface area contributed by atoms with Gasteiger partial charge in [0, 0.05) is 23.9 Å². The molecule has 0 bridgehead atoms. The monoisotopic (exact) mass is 253 g/mol. The van der Waals surface area contributed by atoms with Crippen molar-refractivity contribution < 1.29 is 14.8 Å². The van der Waals surface area contributed by atoms with Crippen molar-refractivity contribution in [3.05, 3.63) is 33.9 Å². The highest BCUT2D eigenvalue weighted by Crippen LogP contribution is 2.23. The minimum absolute atomic E-state index is 0.00721. The Kier molecular flexibility index (Phi) is 4.61. The van der Waals surface area contributed by atoms with Gasteiger partial charge in [0.05, 0.1) is 4.92 Å². The van der Waals surface area contributed by atoms with E-state index in [0.717, 1.165) is 0 Å². The average Bonchev–Trinajstić information content (AvgIpc) is 2.25. The fourth-order valence-electron chi connectivity index (χ4n) is 1.51. The minimum Gasteiger partial charge on any atom is -0.465 e. The summed E-state index contributed by atoms with van der Waals surface area (Å²) in [5, 5.41) is 21.6. The van der Waals surface area contributed by atoms with Crippen LogP contribution >= 0.6 is 0 Å². The summed E-state index contributed by atoms with van der Waals surface area (Å²) in [6, 6.07) is 4.19. The number of rotatable bonds is 5. The number of hydrogen-bond acceptors (Lipinski definition) is 4. The van der Waals surface area contributed by atoms with Gasteiger partial charge >= 0.3 is 6.09 Å². The number of benzene rings is 1. The Morgan fingerprint density at radius 1 is 1.50 bits per heavy atom. The van der Waals surface area contributed by atoms with Gasteiger partial charge in [-0.2, -0.15) is 0 Å². The van der Waals surface area contributed by atoms with Gasteiger partial charge in [-0.05, 0) is 32.6 Å². The lowest BCUT2D eigenvalue weighted by molar-refractivity contribution is -0.385. The van der Waals surface area contributed by atoms with E-state index in [9.17, 15) is 14.9 Å². The zero-order valence-corrected chi connectivity index (χ0v) is 10.2. The van der Waals surface area contributed by atoms with Crippen LogP contribution in [0.5, 0.6) is 0 Å². The highest BCUT2D eigenvalue weighted by molar-refractivity contribution is 5.83. The molecule has 1 aromatic carbocycles. The maximum Gasteiger partial charge on any atom is 0.409 e. The maximum absolute atomic E-state index is 10.9. The molecule has 0 fully saturated rings. The molecule has 0 aromatic heterocycles. The summed E-state index contributed by atoms with van der Waals surface area (Å²) in [5.41, 5.74) is 0.856. The number of anilines is 1. The van der Waals surface area contributed by atoms with E-state index in [2.05, 4.69) is 5.32 Å². The fraction of sp³-hybridized carbons (Fsp3) is 0.364. The maximum atomic E-state index is 10.9. The molecule has 2 N–H and O–H groups in total. The van der Waals surface area contributed by atoms with Crippen LogP contribution in [-0.2, 0) is 6.42 Å². The third-order valence-corrected chi connectivity index (χ3v) is 2.36. The number of nitrogens with one attached hydrogen (secondary N) is 1. The SMILES string of the molecule is CN(C)CCc1cc(NC(=O)O)ccc1[N+](=O)[O-]. The van der Waals surface area contributed by atoms with Gasteiger partial charge in [-0.3, -0.25) is 15.4 Å². The molecule has 0 saturated heterocycles. The molecular weight excluding hydrogens is 238 g/mol.